The quantitative estimate of drug-likeness (QED) is 0.357. The molecule has 0 spiro atoms. The van der Waals surface area contributed by atoms with Gasteiger partial charge in [-0.2, -0.15) is 0 Å². The molecule has 182 valence electrons. The van der Waals surface area contributed by atoms with Gasteiger partial charge in [0.05, 0.1) is 25.8 Å². The monoisotopic (exact) mass is 492 g/mol. The molecular formula is C25H28N6O3S. The summed E-state index contributed by atoms with van der Waals surface area (Å²) in [5.41, 5.74) is 2.77. The number of amides is 1. The second-order valence-electron chi connectivity index (χ2n) is 8.37. The molecule has 4 heterocycles. The van der Waals surface area contributed by atoms with Gasteiger partial charge in [0.15, 0.2) is 4.96 Å². The molecule has 35 heavy (non-hydrogen) atoms. The third-order valence-corrected chi connectivity index (χ3v) is 6.88. The van der Waals surface area contributed by atoms with E-state index in [1.165, 1.54) is 36.9 Å². The van der Waals surface area contributed by atoms with Gasteiger partial charge >= 0.3 is 0 Å². The lowest BCUT2D eigenvalue weighted by Crippen LogP contribution is -2.30. The van der Waals surface area contributed by atoms with Crippen molar-refractivity contribution in [3.8, 4) is 22.9 Å². The van der Waals surface area contributed by atoms with Crippen LogP contribution in [0.1, 0.15) is 25.0 Å². The number of carbonyl (C=O) groups is 1. The number of benzene rings is 1. The Morgan fingerprint density at radius 3 is 2.77 bits per heavy atom. The number of aromatic nitrogens is 4. The Morgan fingerprint density at radius 1 is 1.14 bits per heavy atom. The van der Waals surface area contributed by atoms with E-state index in [9.17, 15) is 4.79 Å². The van der Waals surface area contributed by atoms with Crippen LogP contribution in [-0.2, 0) is 11.2 Å². The number of nitrogens with one attached hydrogen (secondary N) is 1. The van der Waals surface area contributed by atoms with Gasteiger partial charge in [-0.3, -0.25) is 9.20 Å². The van der Waals surface area contributed by atoms with E-state index < -0.39 is 0 Å². The number of carbonyl (C=O) groups excluding carboxylic acids is 1. The number of ether oxygens (including phenoxy) is 2. The summed E-state index contributed by atoms with van der Waals surface area (Å²) in [6.07, 6.45) is 7.41. The molecule has 0 atom stereocenters. The van der Waals surface area contributed by atoms with Gasteiger partial charge in [-0.15, -0.1) is 11.3 Å². The Bertz CT molecular complexity index is 1280. The summed E-state index contributed by atoms with van der Waals surface area (Å²) in [6.45, 7) is 2.77. The third-order valence-electron chi connectivity index (χ3n) is 5.99. The van der Waals surface area contributed by atoms with Gasteiger partial charge in [-0.25, -0.2) is 15.0 Å². The minimum Gasteiger partial charge on any atom is -0.497 e. The van der Waals surface area contributed by atoms with E-state index in [1.54, 1.807) is 7.11 Å². The van der Waals surface area contributed by atoms with E-state index in [0.29, 0.717) is 19.0 Å². The van der Waals surface area contributed by atoms with Gasteiger partial charge in [-0.1, -0.05) is 0 Å². The Balaban J connectivity index is 1.12. The van der Waals surface area contributed by atoms with Crippen molar-refractivity contribution >= 4 is 28.0 Å². The van der Waals surface area contributed by atoms with Gasteiger partial charge in [-0.05, 0) is 43.5 Å². The first kappa shape index (κ1) is 23.1. The molecule has 1 saturated heterocycles. The number of hydrogen-bond donors (Lipinski definition) is 1. The van der Waals surface area contributed by atoms with E-state index >= 15 is 0 Å². The molecule has 1 aliphatic heterocycles. The molecule has 1 N–H and O–H groups in total. The number of imidazole rings is 1. The minimum atomic E-state index is -0.0651. The first-order chi connectivity index (χ1) is 17.2. The second-order valence-corrected chi connectivity index (χ2v) is 9.21. The van der Waals surface area contributed by atoms with Crippen LogP contribution < -0.4 is 19.7 Å². The molecule has 0 aliphatic carbocycles. The Morgan fingerprint density at radius 2 is 1.97 bits per heavy atom. The average Bonchev–Trinajstić information content (AvgIpc) is 3.49. The molecule has 0 unspecified atom stereocenters. The molecule has 1 fully saturated rings. The summed E-state index contributed by atoms with van der Waals surface area (Å²) < 4.78 is 12.9. The van der Waals surface area contributed by atoms with Crippen molar-refractivity contribution in [3.05, 3.63) is 53.9 Å². The summed E-state index contributed by atoms with van der Waals surface area (Å²) >= 11 is 1.52. The first-order valence-electron chi connectivity index (χ1n) is 11.8. The molecule has 0 bridgehead atoms. The SMILES string of the molecule is COc1ccc(-c2cn3c(CC(=O)NCCOc4cc(N5CCCCC5)ncn4)csc3n2)cc1. The van der Waals surface area contributed by atoms with Gasteiger partial charge in [0.2, 0.25) is 11.8 Å². The van der Waals surface area contributed by atoms with Crippen LogP contribution in [0.4, 0.5) is 5.82 Å². The Kier molecular flexibility index (Phi) is 7.08. The number of anilines is 1. The smallest absolute Gasteiger partial charge is 0.226 e. The van der Waals surface area contributed by atoms with Crippen molar-refractivity contribution in [2.75, 3.05) is 38.3 Å². The highest BCUT2D eigenvalue weighted by molar-refractivity contribution is 7.15. The van der Waals surface area contributed by atoms with E-state index in [-0.39, 0.29) is 12.3 Å². The maximum absolute atomic E-state index is 12.5. The normalized spacial score (nSPS) is 13.7. The van der Waals surface area contributed by atoms with Crippen LogP contribution in [-0.4, -0.2) is 58.6 Å². The van der Waals surface area contributed by atoms with Gasteiger partial charge in [0.1, 0.15) is 24.5 Å². The van der Waals surface area contributed by atoms with Crippen LogP contribution in [0.3, 0.4) is 0 Å². The van der Waals surface area contributed by atoms with E-state index in [2.05, 4.69) is 25.2 Å². The molecule has 5 rings (SSSR count). The van der Waals surface area contributed by atoms with Gasteiger partial charge in [0.25, 0.3) is 0 Å². The van der Waals surface area contributed by atoms with Crippen molar-refractivity contribution < 1.29 is 14.3 Å². The highest BCUT2D eigenvalue weighted by Crippen LogP contribution is 2.25. The molecule has 0 saturated carbocycles. The molecule has 10 heteroatoms. The van der Waals surface area contributed by atoms with Crippen LogP contribution >= 0.6 is 11.3 Å². The fraction of sp³-hybridized carbons (Fsp3) is 0.360. The number of piperidine rings is 1. The standard InChI is InChI=1S/C25H28N6O3S/c1-33-20-7-5-18(6-8-20)21-15-31-19(16-35-25(31)29-21)13-23(32)26-9-12-34-24-14-22(27-17-28-24)30-10-3-2-4-11-30/h5-8,14-17H,2-4,9-13H2,1H3,(H,26,32). The fourth-order valence-electron chi connectivity index (χ4n) is 4.14. The number of nitrogens with zero attached hydrogens (tertiary/aromatic N) is 5. The van der Waals surface area contributed by atoms with Gasteiger partial charge < -0.3 is 19.7 Å². The molecule has 3 aromatic heterocycles. The lowest BCUT2D eigenvalue weighted by atomic mass is 10.1. The largest absolute Gasteiger partial charge is 0.497 e. The van der Waals surface area contributed by atoms with Crippen molar-refractivity contribution in [2.24, 2.45) is 0 Å². The van der Waals surface area contributed by atoms with Crippen molar-refractivity contribution in [3.63, 3.8) is 0 Å². The maximum Gasteiger partial charge on any atom is 0.226 e. The molecule has 9 nitrogen and oxygen atoms in total. The van der Waals surface area contributed by atoms with Crippen LogP contribution in [0.2, 0.25) is 0 Å². The number of fused-ring (bicyclic) bond motifs is 1. The zero-order chi connectivity index (χ0) is 24.0. The Hall–Kier alpha value is -3.66. The highest BCUT2D eigenvalue weighted by atomic mass is 32.1. The number of thiazole rings is 1. The van der Waals surface area contributed by atoms with Crippen LogP contribution in [0, 0.1) is 0 Å². The molecule has 1 aliphatic rings. The zero-order valence-electron chi connectivity index (χ0n) is 19.6. The summed E-state index contributed by atoms with van der Waals surface area (Å²) in [4.78, 5) is 28.9. The molecule has 0 radical (unpaired) electrons. The van der Waals surface area contributed by atoms with E-state index in [4.69, 9.17) is 9.47 Å². The molecule has 1 aromatic carbocycles. The molecule has 4 aromatic rings. The molecule has 1 amide bonds. The predicted octanol–water partition coefficient (Wildman–Crippen LogP) is 3.59. The van der Waals surface area contributed by atoms with E-state index in [1.807, 2.05) is 46.3 Å². The predicted molar refractivity (Wildman–Crippen MR) is 135 cm³/mol. The third kappa shape index (κ3) is 5.54. The van der Waals surface area contributed by atoms with Crippen molar-refractivity contribution in [2.45, 2.75) is 25.7 Å². The first-order valence-corrected chi connectivity index (χ1v) is 12.6. The lowest BCUT2D eigenvalue weighted by Gasteiger charge is -2.27. The Labute approximate surface area is 207 Å². The number of rotatable bonds is 9. The number of methoxy groups -OCH3 is 1. The topological polar surface area (TPSA) is 93.9 Å². The van der Waals surface area contributed by atoms with Crippen LogP contribution in [0.25, 0.3) is 16.2 Å². The summed E-state index contributed by atoms with van der Waals surface area (Å²) in [5, 5.41) is 4.90. The number of hydrogen-bond acceptors (Lipinski definition) is 8. The molecular weight excluding hydrogens is 464 g/mol. The summed E-state index contributed by atoms with van der Waals surface area (Å²) in [6, 6.07) is 9.65. The average molecular weight is 493 g/mol. The fourth-order valence-corrected chi connectivity index (χ4v) is 5.01. The van der Waals surface area contributed by atoms with Crippen LogP contribution in [0.5, 0.6) is 11.6 Å². The lowest BCUT2D eigenvalue weighted by molar-refractivity contribution is -0.120. The van der Waals surface area contributed by atoms with Crippen LogP contribution in [0.15, 0.2) is 48.2 Å². The maximum atomic E-state index is 12.5. The van der Waals surface area contributed by atoms with Gasteiger partial charge in [0, 0.05) is 42.0 Å². The van der Waals surface area contributed by atoms with E-state index in [0.717, 1.165) is 46.6 Å². The zero-order valence-corrected chi connectivity index (χ0v) is 20.5. The van der Waals surface area contributed by atoms with Crippen molar-refractivity contribution in [1.29, 1.82) is 0 Å². The highest BCUT2D eigenvalue weighted by Gasteiger charge is 2.14. The van der Waals surface area contributed by atoms with Crippen molar-refractivity contribution in [1.82, 2.24) is 24.7 Å². The minimum absolute atomic E-state index is 0.0651. The second kappa shape index (κ2) is 10.7. The summed E-state index contributed by atoms with van der Waals surface area (Å²) in [5.74, 6) is 2.16. The summed E-state index contributed by atoms with van der Waals surface area (Å²) in [7, 11) is 1.65.